The van der Waals surface area contributed by atoms with Gasteiger partial charge in [-0.3, -0.25) is 14.2 Å². The second-order valence-corrected chi connectivity index (χ2v) is 8.21. The monoisotopic (exact) mass is 478 g/mol. The standard InChI is InChI=1S/C27H23N7O2/c1-3-4-10-18-11-8-14-20-21(18)27(36)34(19-12-6-5-7-13-19)24(31-20)17(2)30-26(35)22-23(28)32-33-16-9-15-29-25(22)33/h5-9,11-17H,3H2,1-2H3,(H3,28,30,32,35)/p+1. The van der Waals surface area contributed by atoms with Gasteiger partial charge >= 0.3 is 5.65 Å². The van der Waals surface area contributed by atoms with E-state index in [9.17, 15) is 9.59 Å². The van der Waals surface area contributed by atoms with Crippen molar-refractivity contribution in [2.45, 2.75) is 26.3 Å². The van der Waals surface area contributed by atoms with Crippen LogP contribution in [-0.4, -0.2) is 25.5 Å². The summed E-state index contributed by atoms with van der Waals surface area (Å²) in [5, 5.41) is 6.28. The summed E-state index contributed by atoms with van der Waals surface area (Å²) in [5.74, 6) is 6.25. The van der Waals surface area contributed by atoms with Crippen LogP contribution in [0.5, 0.6) is 0 Å². The topological polar surface area (TPSA) is 123 Å². The maximum absolute atomic E-state index is 13.9. The van der Waals surface area contributed by atoms with E-state index < -0.39 is 11.9 Å². The molecule has 0 bridgehead atoms. The fraction of sp³-hybridized carbons (Fsp3) is 0.148. The Morgan fingerprint density at radius 3 is 2.78 bits per heavy atom. The molecule has 1 unspecified atom stereocenters. The van der Waals surface area contributed by atoms with E-state index in [1.807, 2.05) is 49.4 Å². The van der Waals surface area contributed by atoms with Crippen LogP contribution in [0, 0.1) is 11.8 Å². The van der Waals surface area contributed by atoms with Crippen molar-refractivity contribution in [1.82, 2.24) is 25.0 Å². The number of anilines is 1. The molecule has 5 aromatic rings. The van der Waals surface area contributed by atoms with Crippen LogP contribution in [-0.2, 0) is 0 Å². The van der Waals surface area contributed by atoms with Crippen LogP contribution in [0.4, 0.5) is 5.82 Å². The van der Waals surface area contributed by atoms with Gasteiger partial charge in [0.2, 0.25) is 0 Å². The Hall–Kier alpha value is -4.97. The van der Waals surface area contributed by atoms with E-state index in [2.05, 4.69) is 27.2 Å². The smallest absolute Gasteiger partial charge is 0.362 e. The summed E-state index contributed by atoms with van der Waals surface area (Å²) in [4.78, 5) is 36.3. The molecule has 0 spiro atoms. The Morgan fingerprint density at radius 2 is 2.00 bits per heavy atom. The largest absolute Gasteiger partial charge is 0.382 e. The van der Waals surface area contributed by atoms with E-state index >= 15 is 0 Å². The lowest BCUT2D eigenvalue weighted by atomic mass is 10.1. The fourth-order valence-electron chi connectivity index (χ4n) is 4.16. The average Bonchev–Trinajstić information content (AvgIpc) is 3.23. The van der Waals surface area contributed by atoms with Gasteiger partial charge < -0.3 is 11.1 Å². The van der Waals surface area contributed by atoms with Gasteiger partial charge in [-0.05, 0) is 36.2 Å². The van der Waals surface area contributed by atoms with Gasteiger partial charge in [0.15, 0.2) is 11.4 Å². The highest BCUT2D eigenvalue weighted by molar-refractivity contribution is 6.03. The highest BCUT2D eigenvalue weighted by atomic mass is 16.2. The fourth-order valence-corrected chi connectivity index (χ4v) is 4.16. The summed E-state index contributed by atoms with van der Waals surface area (Å²) in [6.07, 6.45) is 3.97. The molecule has 0 saturated carbocycles. The quantitative estimate of drug-likeness (QED) is 0.271. The molecule has 2 aromatic carbocycles. The number of aromatic nitrogens is 5. The van der Waals surface area contributed by atoms with Gasteiger partial charge in [0.25, 0.3) is 11.5 Å². The lowest BCUT2D eigenvalue weighted by Gasteiger charge is -2.19. The molecule has 4 N–H and O–H groups in total. The highest BCUT2D eigenvalue weighted by Crippen LogP contribution is 2.21. The lowest BCUT2D eigenvalue weighted by Crippen LogP contribution is -2.34. The van der Waals surface area contributed by atoms with E-state index in [0.717, 1.165) is 0 Å². The first-order valence-corrected chi connectivity index (χ1v) is 11.5. The van der Waals surface area contributed by atoms with E-state index in [-0.39, 0.29) is 16.9 Å². The number of aromatic amines is 1. The van der Waals surface area contributed by atoms with Gasteiger partial charge in [-0.1, -0.05) is 43.0 Å². The van der Waals surface area contributed by atoms with E-state index in [1.54, 1.807) is 36.0 Å². The first-order chi connectivity index (χ1) is 17.5. The molecule has 1 atom stereocenters. The normalized spacial score (nSPS) is 11.7. The van der Waals surface area contributed by atoms with Crippen molar-refractivity contribution >= 4 is 28.3 Å². The molecule has 0 aliphatic rings. The van der Waals surface area contributed by atoms with Crippen LogP contribution in [0.1, 0.15) is 48.1 Å². The predicted molar refractivity (Wildman–Crippen MR) is 137 cm³/mol. The molecular formula is C27H24N7O2+. The van der Waals surface area contributed by atoms with Crippen LogP contribution < -0.4 is 21.1 Å². The first kappa shape index (κ1) is 22.8. The van der Waals surface area contributed by atoms with Crippen LogP contribution in [0.3, 0.4) is 0 Å². The number of rotatable bonds is 4. The van der Waals surface area contributed by atoms with Crippen LogP contribution in [0.2, 0.25) is 0 Å². The molecule has 9 nitrogen and oxygen atoms in total. The van der Waals surface area contributed by atoms with Crippen molar-refractivity contribution in [3.05, 3.63) is 94.3 Å². The van der Waals surface area contributed by atoms with Gasteiger partial charge in [-0.15, -0.1) is 4.52 Å². The maximum atomic E-state index is 13.9. The molecule has 9 heteroatoms. The highest BCUT2D eigenvalue weighted by Gasteiger charge is 2.27. The Balaban J connectivity index is 1.66. The molecule has 0 aliphatic carbocycles. The third-order valence-electron chi connectivity index (χ3n) is 5.78. The summed E-state index contributed by atoms with van der Waals surface area (Å²) >= 11 is 0. The Kier molecular flexibility index (Phi) is 5.92. The summed E-state index contributed by atoms with van der Waals surface area (Å²) in [7, 11) is 0. The lowest BCUT2D eigenvalue weighted by molar-refractivity contribution is -0.577. The molecule has 0 fully saturated rings. The summed E-state index contributed by atoms with van der Waals surface area (Å²) in [6, 6.07) is 15.7. The van der Waals surface area contributed by atoms with Crippen molar-refractivity contribution in [2.24, 2.45) is 0 Å². The number of hydrogen-bond acceptors (Lipinski definition) is 5. The van der Waals surface area contributed by atoms with Gasteiger partial charge in [0.05, 0.1) is 22.6 Å². The minimum Gasteiger partial charge on any atom is -0.382 e. The molecular weight excluding hydrogens is 454 g/mol. The van der Waals surface area contributed by atoms with Crippen LogP contribution >= 0.6 is 0 Å². The number of H-pyrrole nitrogens is 1. The SMILES string of the molecule is CCC#Cc1cccc2nc(C(C)NC(=O)c3c(N)[nH][n+]4cccnc34)n(-c3ccccc3)c(=O)c12. The van der Waals surface area contributed by atoms with Crippen LogP contribution in [0.25, 0.3) is 22.2 Å². The number of para-hydroxylation sites is 1. The van der Waals surface area contributed by atoms with Crippen molar-refractivity contribution < 1.29 is 9.31 Å². The van der Waals surface area contributed by atoms with E-state index in [4.69, 9.17) is 10.7 Å². The number of nitrogens with zero attached hydrogens (tertiary/aromatic N) is 4. The third kappa shape index (κ3) is 3.95. The number of nitrogens with one attached hydrogen (secondary N) is 2. The number of carbonyl (C=O) groups is 1. The third-order valence-corrected chi connectivity index (χ3v) is 5.78. The number of fused-ring (bicyclic) bond motifs is 2. The predicted octanol–water partition coefficient (Wildman–Crippen LogP) is 2.68. The van der Waals surface area contributed by atoms with E-state index in [1.165, 1.54) is 4.57 Å². The Bertz CT molecular complexity index is 1730. The Labute approximate surface area is 206 Å². The summed E-state index contributed by atoms with van der Waals surface area (Å²) < 4.78 is 3.10. The molecule has 0 aliphatic heterocycles. The van der Waals surface area contributed by atoms with Crippen LogP contribution in [0.15, 0.2) is 71.8 Å². The summed E-state index contributed by atoms with van der Waals surface area (Å²) in [5.41, 5.74) is 8.20. The zero-order chi connectivity index (χ0) is 25.2. The number of carbonyl (C=O) groups excluding carboxylic acids is 1. The molecule has 0 radical (unpaired) electrons. The maximum Gasteiger partial charge on any atom is 0.362 e. The number of benzene rings is 2. The molecule has 178 valence electrons. The molecule has 36 heavy (non-hydrogen) atoms. The average molecular weight is 479 g/mol. The molecule has 3 aromatic heterocycles. The van der Waals surface area contributed by atoms with Crippen molar-refractivity contribution in [3.8, 4) is 17.5 Å². The summed E-state index contributed by atoms with van der Waals surface area (Å²) in [6.45, 7) is 3.73. The van der Waals surface area contributed by atoms with Gasteiger partial charge in [0.1, 0.15) is 18.2 Å². The number of nitrogen functional groups attached to an aromatic ring is 1. The molecule has 3 heterocycles. The molecule has 0 saturated heterocycles. The molecule has 1 amide bonds. The zero-order valence-corrected chi connectivity index (χ0v) is 19.8. The van der Waals surface area contributed by atoms with Crippen molar-refractivity contribution in [2.75, 3.05) is 5.73 Å². The first-order valence-electron chi connectivity index (χ1n) is 11.5. The molecule has 5 rings (SSSR count). The number of hydrogen-bond donors (Lipinski definition) is 3. The second kappa shape index (κ2) is 9.35. The Morgan fingerprint density at radius 1 is 1.19 bits per heavy atom. The van der Waals surface area contributed by atoms with Crippen molar-refractivity contribution in [1.29, 1.82) is 0 Å². The van der Waals surface area contributed by atoms with E-state index in [0.29, 0.717) is 40.0 Å². The number of nitrogens with two attached hydrogens (primary N) is 1. The van der Waals surface area contributed by atoms with Gasteiger partial charge in [0, 0.05) is 18.1 Å². The van der Waals surface area contributed by atoms with Gasteiger partial charge in [-0.2, -0.15) is 0 Å². The van der Waals surface area contributed by atoms with Gasteiger partial charge in [-0.25, -0.2) is 10.1 Å². The minimum absolute atomic E-state index is 0.185. The number of amides is 1. The zero-order valence-electron chi connectivity index (χ0n) is 19.8. The second-order valence-electron chi connectivity index (χ2n) is 8.21. The van der Waals surface area contributed by atoms with Crippen molar-refractivity contribution in [3.63, 3.8) is 0 Å². The minimum atomic E-state index is -0.641.